The third-order valence-corrected chi connectivity index (χ3v) is 4.84. The smallest absolute Gasteiger partial charge is 0.238 e. The van der Waals surface area contributed by atoms with Gasteiger partial charge in [0.1, 0.15) is 29.1 Å². The standard InChI is InChI=1S/C21H24F2N2O3/c1-14-6-7-16(11-18(14)23)24-20(26)12-25-9-8-19(21(2,27)13-25)28-17-5-3-4-15(22)10-17/h3-7,10-11,19,27H,8-9,12-13H2,1-2H3,(H,24,26)/t19-,21-/m0/s1. The molecular formula is C21H24F2N2O3. The fourth-order valence-corrected chi connectivity index (χ4v) is 3.34. The van der Waals surface area contributed by atoms with Crippen molar-refractivity contribution in [2.24, 2.45) is 0 Å². The Morgan fingerprint density at radius 1 is 1.32 bits per heavy atom. The first kappa shape index (κ1) is 20.2. The van der Waals surface area contributed by atoms with Gasteiger partial charge in [-0.1, -0.05) is 12.1 Å². The zero-order valence-corrected chi connectivity index (χ0v) is 15.9. The molecule has 7 heteroatoms. The average Bonchev–Trinajstić information content (AvgIpc) is 2.60. The lowest BCUT2D eigenvalue weighted by molar-refractivity contribution is -0.123. The number of likely N-dealkylation sites (tertiary alicyclic amines) is 1. The van der Waals surface area contributed by atoms with E-state index in [1.165, 1.54) is 18.2 Å². The fourth-order valence-electron chi connectivity index (χ4n) is 3.34. The second-order valence-electron chi connectivity index (χ2n) is 7.43. The van der Waals surface area contributed by atoms with Crippen LogP contribution >= 0.6 is 0 Å². The zero-order chi connectivity index (χ0) is 20.3. The van der Waals surface area contributed by atoms with Gasteiger partial charge in [-0.05, 0) is 50.1 Å². The molecule has 150 valence electrons. The number of nitrogens with zero attached hydrogens (tertiary/aromatic N) is 1. The van der Waals surface area contributed by atoms with E-state index in [2.05, 4.69) is 5.32 Å². The van der Waals surface area contributed by atoms with Crippen LogP contribution in [0.4, 0.5) is 14.5 Å². The molecule has 0 unspecified atom stereocenters. The molecule has 1 saturated heterocycles. The van der Waals surface area contributed by atoms with Crippen LogP contribution in [0.1, 0.15) is 18.9 Å². The van der Waals surface area contributed by atoms with E-state index in [0.717, 1.165) is 0 Å². The first-order valence-corrected chi connectivity index (χ1v) is 9.16. The number of piperidine rings is 1. The number of halogens is 2. The predicted molar refractivity (Wildman–Crippen MR) is 102 cm³/mol. The van der Waals surface area contributed by atoms with Gasteiger partial charge in [-0.25, -0.2) is 8.78 Å². The molecule has 1 amide bonds. The van der Waals surface area contributed by atoms with Crippen LogP contribution in [0, 0.1) is 18.6 Å². The monoisotopic (exact) mass is 390 g/mol. The van der Waals surface area contributed by atoms with E-state index in [1.807, 2.05) is 4.90 Å². The highest BCUT2D eigenvalue weighted by atomic mass is 19.1. The molecule has 1 aliphatic heterocycles. The average molecular weight is 390 g/mol. The minimum absolute atomic E-state index is 0.0678. The number of aliphatic hydroxyl groups is 1. The minimum Gasteiger partial charge on any atom is -0.487 e. The number of amides is 1. The summed E-state index contributed by atoms with van der Waals surface area (Å²) in [6.07, 6.45) is -0.0320. The summed E-state index contributed by atoms with van der Waals surface area (Å²) in [5.41, 5.74) is -0.306. The lowest BCUT2D eigenvalue weighted by Gasteiger charge is -2.42. The lowest BCUT2D eigenvalue weighted by atomic mass is 9.91. The Morgan fingerprint density at radius 2 is 2.11 bits per heavy atom. The molecule has 1 aliphatic rings. The number of aryl methyl sites for hydroxylation is 1. The van der Waals surface area contributed by atoms with Gasteiger partial charge in [0.05, 0.1) is 6.54 Å². The quantitative estimate of drug-likeness (QED) is 0.824. The maximum atomic E-state index is 13.6. The highest BCUT2D eigenvalue weighted by Gasteiger charge is 2.40. The van der Waals surface area contributed by atoms with E-state index in [0.29, 0.717) is 30.0 Å². The molecule has 28 heavy (non-hydrogen) atoms. The Labute approximate surface area is 162 Å². The number of anilines is 1. The molecule has 2 aromatic rings. The number of hydrogen-bond acceptors (Lipinski definition) is 4. The van der Waals surface area contributed by atoms with E-state index in [-0.39, 0.29) is 24.8 Å². The summed E-state index contributed by atoms with van der Waals surface area (Å²) >= 11 is 0. The van der Waals surface area contributed by atoms with Crippen molar-refractivity contribution in [3.8, 4) is 5.75 Å². The molecule has 2 aromatic carbocycles. The molecule has 0 aromatic heterocycles. The van der Waals surface area contributed by atoms with Crippen molar-refractivity contribution in [3.63, 3.8) is 0 Å². The van der Waals surface area contributed by atoms with Crippen LogP contribution in [0.5, 0.6) is 5.75 Å². The molecule has 0 radical (unpaired) electrons. The topological polar surface area (TPSA) is 61.8 Å². The SMILES string of the molecule is Cc1ccc(NC(=O)CN2CC[C@H](Oc3cccc(F)c3)[C@@](C)(O)C2)cc1F. The van der Waals surface area contributed by atoms with Crippen molar-refractivity contribution in [3.05, 3.63) is 59.7 Å². The summed E-state index contributed by atoms with van der Waals surface area (Å²) in [5.74, 6) is -0.712. The van der Waals surface area contributed by atoms with Crippen LogP contribution in [0.25, 0.3) is 0 Å². The van der Waals surface area contributed by atoms with Gasteiger partial charge in [0.2, 0.25) is 5.91 Å². The number of carbonyl (C=O) groups is 1. The van der Waals surface area contributed by atoms with Crippen LogP contribution in [0.15, 0.2) is 42.5 Å². The number of benzene rings is 2. The van der Waals surface area contributed by atoms with E-state index in [4.69, 9.17) is 4.74 Å². The summed E-state index contributed by atoms with van der Waals surface area (Å²) < 4.78 is 32.7. The molecule has 0 spiro atoms. The van der Waals surface area contributed by atoms with Gasteiger partial charge < -0.3 is 15.2 Å². The Bertz CT molecular complexity index is 857. The number of hydrogen-bond donors (Lipinski definition) is 2. The van der Waals surface area contributed by atoms with E-state index in [9.17, 15) is 18.7 Å². The van der Waals surface area contributed by atoms with Gasteiger partial charge in [0.25, 0.3) is 0 Å². The van der Waals surface area contributed by atoms with Crippen molar-refractivity contribution in [2.45, 2.75) is 32.0 Å². The van der Waals surface area contributed by atoms with Gasteiger partial charge in [-0.15, -0.1) is 0 Å². The molecule has 0 saturated carbocycles. The minimum atomic E-state index is -1.21. The molecular weight excluding hydrogens is 366 g/mol. The number of carbonyl (C=O) groups excluding carboxylic acids is 1. The Hall–Kier alpha value is -2.51. The normalized spacial score (nSPS) is 22.7. The van der Waals surface area contributed by atoms with Gasteiger partial charge in [-0.2, -0.15) is 0 Å². The van der Waals surface area contributed by atoms with E-state index >= 15 is 0 Å². The van der Waals surface area contributed by atoms with Crippen LogP contribution in [-0.4, -0.2) is 47.3 Å². The molecule has 1 heterocycles. The van der Waals surface area contributed by atoms with Gasteiger partial charge in [-0.3, -0.25) is 9.69 Å². The maximum absolute atomic E-state index is 13.6. The highest BCUT2D eigenvalue weighted by Crippen LogP contribution is 2.26. The van der Waals surface area contributed by atoms with Crippen LogP contribution in [-0.2, 0) is 4.79 Å². The van der Waals surface area contributed by atoms with Crippen LogP contribution in [0.2, 0.25) is 0 Å². The second-order valence-corrected chi connectivity index (χ2v) is 7.43. The van der Waals surface area contributed by atoms with Crippen molar-refractivity contribution >= 4 is 11.6 Å². The van der Waals surface area contributed by atoms with Crippen molar-refractivity contribution in [1.82, 2.24) is 4.90 Å². The Balaban J connectivity index is 1.56. The molecule has 0 bridgehead atoms. The highest BCUT2D eigenvalue weighted by molar-refractivity contribution is 5.92. The molecule has 2 atom stereocenters. The van der Waals surface area contributed by atoms with Gasteiger partial charge in [0.15, 0.2) is 0 Å². The summed E-state index contributed by atoms with van der Waals surface area (Å²) in [6, 6.07) is 10.3. The molecule has 3 rings (SSSR count). The maximum Gasteiger partial charge on any atom is 0.238 e. The summed E-state index contributed by atoms with van der Waals surface area (Å²) in [4.78, 5) is 14.1. The second kappa shape index (κ2) is 8.24. The Morgan fingerprint density at radius 3 is 2.79 bits per heavy atom. The largest absolute Gasteiger partial charge is 0.487 e. The number of ether oxygens (including phenoxy) is 1. The number of nitrogens with one attached hydrogen (secondary N) is 1. The van der Waals surface area contributed by atoms with Crippen LogP contribution in [0.3, 0.4) is 0 Å². The predicted octanol–water partition coefficient (Wildman–Crippen LogP) is 3.12. The Kier molecular flexibility index (Phi) is 5.96. The summed E-state index contributed by atoms with van der Waals surface area (Å²) in [5, 5.41) is 13.4. The molecule has 0 aliphatic carbocycles. The first-order valence-electron chi connectivity index (χ1n) is 9.16. The van der Waals surface area contributed by atoms with Crippen molar-refractivity contribution < 1.29 is 23.4 Å². The summed E-state index contributed by atoms with van der Waals surface area (Å²) in [7, 11) is 0. The first-order chi connectivity index (χ1) is 13.2. The van der Waals surface area contributed by atoms with Crippen molar-refractivity contribution in [2.75, 3.05) is 25.0 Å². The third kappa shape index (κ3) is 5.05. The van der Waals surface area contributed by atoms with E-state index < -0.39 is 17.5 Å². The van der Waals surface area contributed by atoms with Gasteiger partial charge in [0, 0.05) is 24.8 Å². The summed E-state index contributed by atoms with van der Waals surface area (Å²) in [6.45, 7) is 4.11. The fraction of sp³-hybridized carbons (Fsp3) is 0.381. The molecule has 1 fully saturated rings. The molecule has 2 N–H and O–H groups in total. The third-order valence-electron chi connectivity index (χ3n) is 4.84. The van der Waals surface area contributed by atoms with Crippen LogP contribution < -0.4 is 10.1 Å². The number of rotatable bonds is 5. The van der Waals surface area contributed by atoms with Crippen molar-refractivity contribution in [1.29, 1.82) is 0 Å². The number of β-amino-alcohol motifs (C(OH)–C–C–N with tert-alkyl or cyclic N) is 1. The van der Waals surface area contributed by atoms with Gasteiger partial charge >= 0.3 is 0 Å². The van der Waals surface area contributed by atoms with E-state index in [1.54, 1.807) is 38.1 Å². The zero-order valence-electron chi connectivity index (χ0n) is 15.9. The lowest BCUT2D eigenvalue weighted by Crippen LogP contribution is -2.58. The molecule has 5 nitrogen and oxygen atoms in total.